The molecule has 0 unspecified atom stereocenters. The average Bonchev–Trinajstić information content (AvgIpc) is 2.58. The first-order valence-corrected chi connectivity index (χ1v) is 12.5. The Balaban J connectivity index is 2.92. The number of hydrogen-bond acceptors (Lipinski definition) is 3. The maximum Gasteiger partial charge on any atom is 0.258 e. The summed E-state index contributed by atoms with van der Waals surface area (Å²) in [4.78, 5) is 0. The first-order chi connectivity index (χ1) is 13.0. The maximum absolute atomic E-state index is 9.45. The molecule has 0 aliphatic carbocycles. The van der Waals surface area contributed by atoms with Crippen LogP contribution in [0.2, 0.25) is 16.6 Å². The van der Waals surface area contributed by atoms with Gasteiger partial charge in [-0.3, -0.25) is 0 Å². The van der Waals surface area contributed by atoms with Crippen molar-refractivity contribution in [3.05, 3.63) is 41.5 Å². The number of oxime groups is 1. The molecule has 3 nitrogen and oxygen atoms in total. The molecular weight excluding hydrogens is 362 g/mol. The van der Waals surface area contributed by atoms with Gasteiger partial charge in [0.15, 0.2) is 0 Å². The van der Waals surface area contributed by atoms with Crippen molar-refractivity contribution in [3.63, 3.8) is 0 Å². The second-order valence-electron chi connectivity index (χ2n) is 9.80. The third kappa shape index (κ3) is 3.98. The summed E-state index contributed by atoms with van der Waals surface area (Å²) in [6.07, 6.45) is 1.55. The fourth-order valence-electron chi connectivity index (χ4n) is 4.74. The van der Waals surface area contributed by atoms with E-state index in [0.717, 1.165) is 22.1 Å². The van der Waals surface area contributed by atoms with Gasteiger partial charge < -0.3 is 9.63 Å². The quantitative estimate of drug-likeness (QED) is 0.236. The molecule has 0 saturated carbocycles. The second-order valence-corrected chi connectivity index (χ2v) is 15.2. The lowest BCUT2D eigenvalue weighted by molar-refractivity contribution is 0.321. The Bertz CT molecular complexity index is 826. The topological polar surface area (TPSA) is 41.8 Å². The van der Waals surface area contributed by atoms with E-state index in [1.54, 1.807) is 6.21 Å². The Morgan fingerprint density at radius 1 is 0.964 bits per heavy atom. The van der Waals surface area contributed by atoms with E-state index >= 15 is 0 Å². The average molecular weight is 400 g/mol. The standard InChI is InChI=1S/C24H37NO2Si/c1-16(2)28(17(3)4,18(5)6)27-23-21(15-25-26)20-13-11-10-12-19(20)14-22(23)24(7,8)9/h10-18,26H,1-9H3/b25-15+. The number of rotatable bonds is 6. The van der Waals surface area contributed by atoms with Crippen molar-refractivity contribution in [3.8, 4) is 5.75 Å². The Morgan fingerprint density at radius 3 is 1.96 bits per heavy atom. The van der Waals surface area contributed by atoms with Gasteiger partial charge >= 0.3 is 0 Å². The van der Waals surface area contributed by atoms with E-state index in [1.807, 2.05) is 12.1 Å². The van der Waals surface area contributed by atoms with E-state index in [1.165, 1.54) is 5.56 Å². The molecule has 2 rings (SSSR count). The van der Waals surface area contributed by atoms with Crippen LogP contribution in [0, 0.1) is 0 Å². The molecule has 0 heterocycles. The minimum absolute atomic E-state index is 0.0948. The lowest BCUT2D eigenvalue weighted by Crippen LogP contribution is -2.51. The van der Waals surface area contributed by atoms with E-state index in [4.69, 9.17) is 4.43 Å². The minimum Gasteiger partial charge on any atom is -0.542 e. The van der Waals surface area contributed by atoms with Crippen LogP contribution in [0.3, 0.4) is 0 Å². The number of nitrogens with zero attached hydrogens (tertiary/aromatic N) is 1. The molecule has 2 aromatic carbocycles. The zero-order valence-electron chi connectivity index (χ0n) is 19.0. The van der Waals surface area contributed by atoms with Gasteiger partial charge in [-0.25, -0.2) is 0 Å². The van der Waals surface area contributed by atoms with Gasteiger partial charge in [0.25, 0.3) is 8.32 Å². The lowest BCUT2D eigenvalue weighted by atomic mass is 9.83. The van der Waals surface area contributed by atoms with Crippen LogP contribution < -0.4 is 4.43 Å². The highest BCUT2D eigenvalue weighted by Crippen LogP contribution is 2.47. The fraction of sp³-hybridized carbons (Fsp3) is 0.542. The third-order valence-corrected chi connectivity index (χ3v) is 12.0. The maximum atomic E-state index is 9.45. The monoisotopic (exact) mass is 399 g/mol. The zero-order valence-corrected chi connectivity index (χ0v) is 20.0. The van der Waals surface area contributed by atoms with Crippen LogP contribution in [0.4, 0.5) is 0 Å². The molecule has 0 bridgehead atoms. The smallest absolute Gasteiger partial charge is 0.258 e. The van der Waals surface area contributed by atoms with Crippen LogP contribution in [-0.4, -0.2) is 19.7 Å². The van der Waals surface area contributed by atoms with Crippen molar-refractivity contribution in [2.45, 2.75) is 84.4 Å². The summed E-state index contributed by atoms with van der Waals surface area (Å²) in [7, 11) is -2.17. The van der Waals surface area contributed by atoms with Crippen LogP contribution in [-0.2, 0) is 5.41 Å². The largest absolute Gasteiger partial charge is 0.542 e. The van der Waals surface area contributed by atoms with Gasteiger partial charge in [-0.2, -0.15) is 0 Å². The number of hydrogen-bond donors (Lipinski definition) is 1. The van der Waals surface area contributed by atoms with Crippen LogP contribution in [0.25, 0.3) is 10.8 Å². The summed E-state index contributed by atoms with van der Waals surface area (Å²) in [5.74, 6) is 0.895. The predicted molar refractivity (Wildman–Crippen MR) is 124 cm³/mol. The molecule has 0 spiro atoms. The zero-order chi connectivity index (χ0) is 21.3. The molecule has 2 aromatic rings. The molecule has 28 heavy (non-hydrogen) atoms. The summed E-state index contributed by atoms with van der Waals surface area (Å²) < 4.78 is 7.17. The normalized spacial score (nSPS) is 13.4. The van der Waals surface area contributed by atoms with E-state index < -0.39 is 8.32 Å². The lowest BCUT2D eigenvalue weighted by Gasteiger charge is -2.44. The molecule has 0 aliphatic heterocycles. The summed E-state index contributed by atoms with van der Waals surface area (Å²) in [5.41, 5.74) is 3.34. The van der Waals surface area contributed by atoms with Gasteiger partial charge in [0.1, 0.15) is 5.75 Å². The van der Waals surface area contributed by atoms with Gasteiger partial charge in [-0.05, 0) is 44.4 Å². The molecule has 154 valence electrons. The second kappa shape index (κ2) is 8.28. The predicted octanol–water partition coefficient (Wildman–Crippen LogP) is 7.50. The van der Waals surface area contributed by atoms with E-state index in [0.29, 0.717) is 16.6 Å². The highest BCUT2D eigenvalue weighted by atomic mass is 28.4. The van der Waals surface area contributed by atoms with Gasteiger partial charge in [0, 0.05) is 5.56 Å². The van der Waals surface area contributed by atoms with Gasteiger partial charge in [-0.15, -0.1) is 0 Å². The first kappa shape index (κ1) is 22.5. The van der Waals surface area contributed by atoms with Crippen LogP contribution in [0.15, 0.2) is 35.5 Å². The van der Waals surface area contributed by atoms with Crippen molar-refractivity contribution in [1.82, 2.24) is 0 Å². The van der Waals surface area contributed by atoms with Gasteiger partial charge in [-0.1, -0.05) is 91.7 Å². The SMILES string of the molecule is CC(C)[Si](Oc1c(C(C)(C)C)cc2ccccc2c1/C=N/O)(C(C)C)C(C)C. The Hall–Kier alpha value is -1.81. The Kier molecular flexibility index (Phi) is 6.65. The molecule has 0 saturated heterocycles. The molecule has 0 aromatic heterocycles. The number of fused-ring (bicyclic) bond motifs is 1. The minimum atomic E-state index is -2.17. The summed E-state index contributed by atoms with van der Waals surface area (Å²) in [6, 6.07) is 10.5. The van der Waals surface area contributed by atoms with Crippen LogP contribution in [0.1, 0.15) is 73.4 Å². The molecule has 4 heteroatoms. The van der Waals surface area contributed by atoms with E-state index in [9.17, 15) is 5.21 Å². The summed E-state index contributed by atoms with van der Waals surface area (Å²) in [5, 5.41) is 15.1. The highest BCUT2D eigenvalue weighted by Gasteiger charge is 2.48. The molecule has 0 radical (unpaired) electrons. The number of benzene rings is 2. The van der Waals surface area contributed by atoms with Gasteiger partial charge in [0.05, 0.1) is 6.21 Å². The van der Waals surface area contributed by atoms with Crippen molar-refractivity contribution >= 4 is 25.3 Å². The molecule has 1 N–H and O–H groups in total. The molecule has 0 aliphatic rings. The van der Waals surface area contributed by atoms with Crippen molar-refractivity contribution in [1.29, 1.82) is 0 Å². The van der Waals surface area contributed by atoms with Crippen molar-refractivity contribution < 1.29 is 9.63 Å². The van der Waals surface area contributed by atoms with E-state index in [2.05, 4.69) is 85.7 Å². The third-order valence-electron chi connectivity index (χ3n) is 6.02. The molecule has 0 fully saturated rings. The fourth-order valence-corrected chi connectivity index (χ4v) is 10.0. The van der Waals surface area contributed by atoms with Crippen molar-refractivity contribution in [2.24, 2.45) is 5.16 Å². The molecule has 0 atom stereocenters. The summed E-state index contributed by atoms with van der Waals surface area (Å²) in [6.45, 7) is 20.4. The Morgan fingerprint density at radius 2 is 1.50 bits per heavy atom. The summed E-state index contributed by atoms with van der Waals surface area (Å²) >= 11 is 0. The van der Waals surface area contributed by atoms with Crippen molar-refractivity contribution in [2.75, 3.05) is 0 Å². The van der Waals surface area contributed by atoms with Crippen LogP contribution in [0.5, 0.6) is 5.75 Å². The highest BCUT2D eigenvalue weighted by molar-refractivity contribution is 6.78. The molecular formula is C24H37NO2Si. The Labute approximate surface area is 171 Å². The van der Waals surface area contributed by atoms with Crippen LogP contribution >= 0.6 is 0 Å². The van der Waals surface area contributed by atoms with E-state index in [-0.39, 0.29) is 5.41 Å². The first-order valence-electron chi connectivity index (χ1n) is 10.4. The van der Waals surface area contributed by atoms with Gasteiger partial charge in [0.2, 0.25) is 0 Å². The molecule has 0 amide bonds.